The fourth-order valence-electron chi connectivity index (χ4n) is 3.11. The average Bonchev–Trinajstić information content (AvgIpc) is 3.24. The molecular formula is C19H19N3O5S3. The fourth-order valence-corrected chi connectivity index (χ4v) is 6.97. The third-order valence-corrected chi connectivity index (χ3v) is 8.52. The van der Waals surface area contributed by atoms with E-state index < -0.39 is 16.0 Å². The molecule has 0 aliphatic carbocycles. The molecule has 3 aromatic heterocycles. The van der Waals surface area contributed by atoms with Gasteiger partial charge in [-0.15, -0.1) is 11.3 Å². The average molecular weight is 466 g/mol. The van der Waals surface area contributed by atoms with Gasteiger partial charge in [0.1, 0.15) is 22.0 Å². The number of fused-ring (bicyclic) bond motifs is 1. The van der Waals surface area contributed by atoms with E-state index in [0.717, 1.165) is 28.4 Å². The Labute approximate surface area is 181 Å². The minimum absolute atomic E-state index is 0.0290. The predicted molar refractivity (Wildman–Crippen MR) is 116 cm³/mol. The summed E-state index contributed by atoms with van der Waals surface area (Å²) >= 11 is 2.72. The normalized spacial score (nSPS) is 15.4. The van der Waals surface area contributed by atoms with Crippen molar-refractivity contribution in [3.05, 3.63) is 62.3 Å². The number of carbonyl (C=O) groups excluding carboxylic acids is 1. The third-order valence-electron chi connectivity index (χ3n) is 4.61. The molecule has 1 saturated heterocycles. The Morgan fingerprint density at radius 2 is 2.00 bits per heavy atom. The maximum atomic E-state index is 12.9. The lowest BCUT2D eigenvalue weighted by atomic mass is 10.3. The van der Waals surface area contributed by atoms with Crippen molar-refractivity contribution in [3.8, 4) is 0 Å². The Bertz CT molecular complexity index is 1260. The quantitative estimate of drug-likeness (QED) is 0.533. The minimum atomic E-state index is -3.76. The van der Waals surface area contributed by atoms with Crippen LogP contribution in [-0.2, 0) is 21.4 Å². The lowest BCUT2D eigenvalue weighted by Crippen LogP contribution is -2.38. The van der Waals surface area contributed by atoms with Gasteiger partial charge in [0.15, 0.2) is 0 Å². The van der Waals surface area contributed by atoms with E-state index in [0.29, 0.717) is 24.4 Å². The summed E-state index contributed by atoms with van der Waals surface area (Å²) in [6.45, 7) is 2.48. The number of thioether (sulfide) groups is 1. The third kappa shape index (κ3) is 4.15. The SMILES string of the molecule is Cc1ccc2nc(COC(=O)c3sccc3S(=O)(=O)N3CCSCC3)cc(=O)n2c1. The van der Waals surface area contributed by atoms with Gasteiger partial charge in [-0.25, -0.2) is 18.2 Å². The summed E-state index contributed by atoms with van der Waals surface area (Å²) in [6, 6.07) is 6.28. The van der Waals surface area contributed by atoms with Gasteiger partial charge in [-0.2, -0.15) is 16.1 Å². The number of nitrogens with zero attached hydrogens (tertiary/aromatic N) is 3. The molecule has 4 rings (SSSR count). The molecule has 0 N–H and O–H groups in total. The van der Waals surface area contributed by atoms with Gasteiger partial charge in [0, 0.05) is 36.9 Å². The highest BCUT2D eigenvalue weighted by Crippen LogP contribution is 2.28. The number of rotatable bonds is 5. The van der Waals surface area contributed by atoms with E-state index in [1.54, 1.807) is 29.4 Å². The zero-order valence-corrected chi connectivity index (χ0v) is 18.6. The summed E-state index contributed by atoms with van der Waals surface area (Å²) in [5, 5.41) is 1.56. The van der Waals surface area contributed by atoms with Gasteiger partial charge in [-0.1, -0.05) is 6.07 Å². The van der Waals surface area contributed by atoms with Crippen molar-refractivity contribution in [1.29, 1.82) is 0 Å². The van der Waals surface area contributed by atoms with Crippen LogP contribution in [0.3, 0.4) is 0 Å². The summed E-state index contributed by atoms with van der Waals surface area (Å²) in [4.78, 5) is 29.2. The number of aryl methyl sites for hydroxylation is 1. The molecule has 0 bridgehead atoms. The number of thiophene rings is 1. The lowest BCUT2D eigenvalue weighted by molar-refractivity contribution is 0.0469. The monoisotopic (exact) mass is 465 g/mol. The standard InChI is InChI=1S/C19H19N3O5S3/c1-13-2-3-16-20-14(10-17(23)22(16)11-13)12-27-19(24)18-15(4-7-29-18)30(25,26)21-5-8-28-9-6-21/h2-4,7,10-11H,5-6,8-9,12H2,1H3. The van der Waals surface area contributed by atoms with Gasteiger partial charge in [0.05, 0.1) is 5.69 Å². The molecule has 30 heavy (non-hydrogen) atoms. The van der Waals surface area contributed by atoms with Crippen molar-refractivity contribution in [3.63, 3.8) is 0 Å². The molecule has 158 valence electrons. The maximum Gasteiger partial charge on any atom is 0.350 e. The second-order valence-corrected chi connectivity index (χ2v) is 10.8. The van der Waals surface area contributed by atoms with Gasteiger partial charge in [0.25, 0.3) is 5.56 Å². The lowest BCUT2D eigenvalue weighted by Gasteiger charge is -2.25. The number of esters is 1. The summed E-state index contributed by atoms with van der Waals surface area (Å²) < 4.78 is 34.0. The Morgan fingerprint density at radius 1 is 1.23 bits per heavy atom. The van der Waals surface area contributed by atoms with Gasteiger partial charge in [-0.3, -0.25) is 9.20 Å². The number of hydrogen-bond acceptors (Lipinski definition) is 8. The van der Waals surface area contributed by atoms with Crippen LogP contribution in [0, 0.1) is 6.92 Å². The summed E-state index contributed by atoms with van der Waals surface area (Å²) in [5.41, 5.74) is 1.38. The number of carbonyl (C=O) groups is 1. The molecule has 0 radical (unpaired) electrons. The fraction of sp³-hybridized carbons (Fsp3) is 0.316. The van der Waals surface area contributed by atoms with E-state index in [1.807, 2.05) is 13.0 Å². The highest BCUT2D eigenvalue weighted by Gasteiger charge is 2.31. The van der Waals surface area contributed by atoms with E-state index in [2.05, 4.69) is 4.98 Å². The molecule has 0 spiro atoms. The Kier molecular flexibility index (Phi) is 5.96. The zero-order chi connectivity index (χ0) is 21.3. The van der Waals surface area contributed by atoms with Crippen molar-refractivity contribution in [2.45, 2.75) is 18.4 Å². The first-order chi connectivity index (χ1) is 14.4. The number of hydrogen-bond donors (Lipinski definition) is 0. The summed E-state index contributed by atoms with van der Waals surface area (Å²) in [6.07, 6.45) is 1.68. The molecule has 0 saturated carbocycles. The van der Waals surface area contributed by atoms with Crippen molar-refractivity contribution < 1.29 is 17.9 Å². The second-order valence-electron chi connectivity index (χ2n) is 6.73. The van der Waals surface area contributed by atoms with E-state index >= 15 is 0 Å². The number of sulfonamides is 1. The van der Waals surface area contributed by atoms with Crippen LogP contribution in [0.15, 0.2) is 45.5 Å². The Balaban J connectivity index is 1.53. The first kappa shape index (κ1) is 21.0. The first-order valence-electron chi connectivity index (χ1n) is 9.18. The number of aromatic nitrogens is 2. The molecule has 0 unspecified atom stereocenters. The summed E-state index contributed by atoms with van der Waals surface area (Å²) in [5.74, 6) is 0.707. The van der Waals surface area contributed by atoms with E-state index in [1.165, 1.54) is 20.8 Å². The van der Waals surface area contributed by atoms with Crippen LogP contribution in [0.2, 0.25) is 0 Å². The van der Waals surface area contributed by atoms with Crippen LogP contribution in [0.4, 0.5) is 0 Å². The maximum absolute atomic E-state index is 12.9. The molecule has 0 aromatic carbocycles. The van der Waals surface area contributed by atoms with Crippen LogP contribution < -0.4 is 5.56 Å². The molecule has 1 fully saturated rings. The molecule has 1 aliphatic rings. The van der Waals surface area contributed by atoms with Crippen LogP contribution in [0.1, 0.15) is 20.9 Å². The smallest absolute Gasteiger partial charge is 0.350 e. The number of ether oxygens (including phenoxy) is 1. The Hall–Kier alpha value is -2.21. The summed E-state index contributed by atoms with van der Waals surface area (Å²) in [7, 11) is -3.76. The second kappa shape index (κ2) is 8.50. The molecule has 1 aliphatic heterocycles. The van der Waals surface area contributed by atoms with Crippen molar-refractivity contribution in [1.82, 2.24) is 13.7 Å². The van der Waals surface area contributed by atoms with Gasteiger partial charge < -0.3 is 4.74 Å². The molecule has 3 aromatic rings. The highest BCUT2D eigenvalue weighted by atomic mass is 32.2. The topological polar surface area (TPSA) is 98.0 Å². The minimum Gasteiger partial charge on any atom is -0.455 e. The number of pyridine rings is 1. The van der Waals surface area contributed by atoms with Crippen molar-refractivity contribution in [2.24, 2.45) is 0 Å². The van der Waals surface area contributed by atoms with Gasteiger partial charge >= 0.3 is 5.97 Å². The first-order valence-corrected chi connectivity index (χ1v) is 12.7. The van der Waals surface area contributed by atoms with E-state index in [4.69, 9.17) is 4.74 Å². The van der Waals surface area contributed by atoms with E-state index in [9.17, 15) is 18.0 Å². The van der Waals surface area contributed by atoms with E-state index in [-0.39, 0.29) is 21.9 Å². The van der Waals surface area contributed by atoms with Crippen LogP contribution in [-0.4, -0.2) is 52.7 Å². The van der Waals surface area contributed by atoms with Crippen LogP contribution in [0.25, 0.3) is 5.65 Å². The predicted octanol–water partition coefficient (Wildman–Crippen LogP) is 2.16. The highest BCUT2D eigenvalue weighted by molar-refractivity contribution is 7.99. The molecular weight excluding hydrogens is 446 g/mol. The zero-order valence-electron chi connectivity index (χ0n) is 16.1. The van der Waals surface area contributed by atoms with Crippen molar-refractivity contribution >= 4 is 44.7 Å². The molecule has 0 amide bonds. The van der Waals surface area contributed by atoms with Crippen molar-refractivity contribution in [2.75, 3.05) is 24.6 Å². The Morgan fingerprint density at radius 3 is 2.77 bits per heavy atom. The molecule has 4 heterocycles. The molecule has 0 atom stereocenters. The van der Waals surface area contributed by atoms with Crippen LogP contribution >= 0.6 is 23.1 Å². The largest absolute Gasteiger partial charge is 0.455 e. The van der Waals surface area contributed by atoms with Gasteiger partial charge in [-0.05, 0) is 30.0 Å². The molecule has 11 heteroatoms. The molecule has 8 nitrogen and oxygen atoms in total. The van der Waals surface area contributed by atoms with Crippen LogP contribution in [0.5, 0.6) is 0 Å². The van der Waals surface area contributed by atoms with Gasteiger partial charge in [0.2, 0.25) is 10.0 Å².